The SMILES string of the molecule is O=C(CN1C(=O)NC2(CCCc3sccc32)C1=O)NCC1CCN(c2ccccc2)C1. The third-order valence-corrected chi connectivity index (χ3v) is 7.61. The molecule has 162 valence electrons. The number of nitrogens with zero attached hydrogens (tertiary/aromatic N) is 2. The van der Waals surface area contributed by atoms with Crippen LogP contribution in [0.1, 0.15) is 29.7 Å². The van der Waals surface area contributed by atoms with Crippen molar-refractivity contribution in [3.63, 3.8) is 0 Å². The summed E-state index contributed by atoms with van der Waals surface area (Å²) in [5.74, 6) is -0.242. The van der Waals surface area contributed by atoms with Crippen LogP contribution in [0.15, 0.2) is 41.8 Å². The number of fused-ring (bicyclic) bond motifs is 2. The Hall–Kier alpha value is -2.87. The van der Waals surface area contributed by atoms with Crippen molar-refractivity contribution >= 4 is 34.9 Å². The van der Waals surface area contributed by atoms with Gasteiger partial charge in [0.15, 0.2) is 0 Å². The van der Waals surface area contributed by atoms with Crippen molar-refractivity contribution in [1.82, 2.24) is 15.5 Å². The second kappa shape index (κ2) is 8.00. The maximum Gasteiger partial charge on any atom is 0.325 e. The van der Waals surface area contributed by atoms with E-state index < -0.39 is 11.6 Å². The molecule has 1 aromatic carbocycles. The molecular weight excluding hydrogens is 412 g/mol. The second-order valence-corrected chi connectivity index (χ2v) is 9.58. The van der Waals surface area contributed by atoms with Gasteiger partial charge in [-0.3, -0.25) is 14.5 Å². The number of anilines is 1. The first-order chi connectivity index (χ1) is 15.1. The molecule has 8 heteroatoms. The fourth-order valence-corrected chi connectivity index (χ4v) is 6.02. The van der Waals surface area contributed by atoms with Crippen molar-refractivity contribution in [3.05, 3.63) is 52.2 Å². The zero-order valence-electron chi connectivity index (χ0n) is 17.3. The first-order valence-electron chi connectivity index (χ1n) is 10.8. The molecule has 0 bridgehead atoms. The van der Waals surface area contributed by atoms with Gasteiger partial charge >= 0.3 is 6.03 Å². The summed E-state index contributed by atoms with van der Waals surface area (Å²) < 4.78 is 0. The Kier molecular flexibility index (Phi) is 5.17. The molecule has 3 heterocycles. The van der Waals surface area contributed by atoms with Gasteiger partial charge in [0.1, 0.15) is 12.1 Å². The fraction of sp³-hybridized carbons (Fsp3) is 0.435. The van der Waals surface area contributed by atoms with Gasteiger partial charge in [0.2, 0.25) is 5.91 Å². The van der Waals surface area contributed by atoms with E-state index in [0.717, 1.165) is 47.7 Å². The Morgan fingerprint density at radius 1 is 1.23 bits per heavy atom. The number of carbonyl (C=O) groups excluding carboxylic acids is 3. The predicted octanol–water partition coefficient (Wildman–Crippen LogP) is 2.47. The number of thiophene rings is 1. The molecule has 1 spiro atoms. The number of para-hydroxylation sites is 1. The summed E-state index contributed by atoms with van der Waals surface area (Å²) in [5, 5.41) is 7.79. The molecule has 1 aromatic heterocycles. The molecule has 3 aliphatic rings. The predicted molar refractivity (Wildman–Crippen MR) is 119 cm³/mol. The number of nitrogens with one attached hydrogen (secondary N) is 2. The van der Waals surface area contributed by atoms with Crippen molar-refractivity contribution in [3.8, 4) is 0 Å². The van der Waals surface area contributed by atoms with Crippen LogP contribution in [0, 0.1) is 5.92 Å². The molecule has 2 N–H and O–H groups in total. The number of amides is 4. The van der Waals surface area contributed by atoms with E-state index in [-0.39, 0.29) is 18.4 Å². The highest BCUT2D eigenvalue weighted by Crippen LogP contribution is 2.42. The van der Waals surface area contributed by atoms with Gasteiger partial charge in [-0.25, -0.2) is 4.79 Å². The van der Waals surface area contributed by atoms with Gasteiger partial charge in [0, 0.05) is 35.8 Å². The molecule has 2 aromatic rings. The van der Waals surface area contributed by atoms with E-state index in [1.807, 2.05) is 29.6 Å². The van der Waals surface area contributed by atoms with Gasteiger partial charge in [-0.15, -0.1) is 11.3 Å². The average molecular weight is 439 g/mol. The number of hydrogen-bond donors (Lipinski definition) is 2. The van der Waals surface area contributed by atoms with Gasteiger partial charge in [0.05, 0.1) is 0 Å². The highest BCUT2D eigenvalue weighted by atomic mass is 32.1. The summed E-state index contributed by atoms with van der Waals surface area (Å²) in [6.45, 7) is 2.16. The lowest BCUT2D eigenvalue weighted by atomic mass is 9.80. The zero-order chi connectivity index (χ0) is 21.4. The lowest BCUT2D eigenvalue weighted by Crippen LogP contribution is -2.47. The lowest BCUT2D eigenvalue weighted by molar-refractivity contribution is -0.135. The summed E-state index contributed by atoms with van der Waals surface area (Å²) in [4.78, 5) is 42.9. The first-order valence-corrected chi connectivity index (χ1v) is 11.7. The molecule has 0 radical (unpaired) electrons. The molecule has 0 saturated carbocycles. The van der Waals surface area contributed by atoms with Gasteiger partial charge in [-0.1, -0.05) is 18.2 Å². The minimum Gasteiger partial charge on any atom is -0.371 e. The molecule has 31 heavy (non-hydrogen) atoms. The molecule has 2 unspecified atom stereocenters. The van der Waals surface area contributed by atoms with E-state index in [1.54, 1.807) is 11.3 Å². The van der Waals surface area contributed by atoms with E-state index >= 15 is 0 Å². The van der Waals surface area contributed by atoms with Gasteiger partial charge in [0.25, 0.3) is 5.91 Å². The molecule has 2 fully saturated rings. The molecule has 1 aliphatic carbocycles. The topological polar surface area (TPSA) is 81.8 Å². The lowest BCUT2D eigenvalue weighted by Gasteiger charge is -2.31. The van der Waals surface area contributed by atoms with Crippen LogP contribution in [0.4, 0.5) is 10.5 Å². The Bertz CT molecular complexity index is 1010. The Labute approximate surface area is 185 Å². The summed E-state index contributed by atoms with van der Waals surface area (Å²) in [7, 11) is 0. The number of rotatable bonds is 5. The Morgan fingerprint density at radius 2 is 2.06 bits per heavy atom. The Balaban J connectivity index is 1.17. The fourth-order valence-electron chi connectivity index (χ4n) is 5.02. The van der Waals surface area contributed by atoms with E-state index in [4.69, 9.17) is 0 Å². The molecule has 2 atom stereocenters. The number of urea groups is 1. The molecule has 4 amide bonds. The maximum absolute atomic E-state index is 13.2. The molecule has 5 rings (SSSR count). The van der Waals surface area contributed by atoms with Crippen LogP contribution in [-0.4, -0.2) is 48.9 Å². The van der Waals surface area contributed by atoms with Crippen molar-refractivity contribution in [2.24, 2.45) is 5.92 Å². The molecular formula is C23H26N4O3S. The van der Waals surface area contributed by atoms with Crippen molar-refractivity contribution in [1.29, 1.82) is 0 Å². The zero-order valence-corrected chi connectivity index (χ0v) is 18.1. The average Bonchev–Trinajstić information content (AvgIpc) is 3.50. The van der Waals surface area contributed by atoms with Crippen molar-refractivity contribution < 1.29 is 14.4 Å². The minimum atomic E-state index is -0.993. The normalized spacial score (nSPS) is 25.1. The maximum atomic E-state index is 13.2. The van der Waals surface area contributed by atoms with E-state index in [2.05, 4.69) is 27.7 Å². The van der Waals surface area contributed by atoms with E-state index in [9.17, 15) is 14.4 Å². The highest BCUT2D eigenvalue weighted by Gasteiger charge is 2.54. The highest BCUT2D eigenvalue weighted by molar-refractivity contribution is 7.10. The second-order valence-electron chi connectivity index (χ2n) is 8.58. The monoisotopic (exact) mass is 438 g/mol. The van der Waals surface area contributed by atoms with Crippen LogP contribution in [0.25, 0.3) is 0 Å². The first kappa shape index (κ1) is 20.1. The largest absolute Gasteiger partial charge is 0.371 e. The third-order valence-electron chi connectivity index (χ3n) is 6.63. The molecule has 2 aliphatic heterocycles. The number of carbonyl (C=O) groups is 3. The summed E-state index contributed by atoms with van der Waals surface area (Å²) >= 11 is 1.62. The van der Waals surface area contributed by atoms with Crippen molar-refractivity contribution in [2.75, 3.05) is 31.1 Å². The van der Waals surface area contributed by atoms with Crippen LogP contribution in [0.3, 0.4) is 0 Å². The molecule has 2 saturated heterocycles. The number of aryl methyl sites for hydroxylation is 1. The smallest absolute Gasteiger partial charge is 0.325 e. The molecule has 7 nitrogen and oxygen atoms in total. The summed E-state index contributed by atoms with van der Waals surface area (Å²) in [6, 6.07) is 11.7. The van der Waals surface area contributed by atoms with E-state index in [0.29, 0.717) is 18.9 Å². The standard InChI is InChI=1S/C23H26N4O3S/c28-20(24-13-16-8-11-26(14-16)17-5-2-1-3-6-17)15-27-21(29)23(25-22(27)30)10-4-7-19-18(23)9-12-31-19/h1-3,5-6,9,12,16H,4,7-8,10-11,13-15H2,(H,24,28)(H,25,30). The van der Waals surface area contributed by atoms with Gasteiger partial charge < -0.3 is 15.5 Å². The third kappa shape index (κ3) is 3.59. The number of benzene rings is 1. The summed E-state index contributed by atoms with van der Waals surface area (Å²) in [5.41, 5.74) is 1.10. The quantitative estimate of drug-likeness (QED) is 0.703. The number of imide groups is 1. The van der Waals surface area contributed by atoms with Crippen LogP contribution in [-0.2, 0) is 21.5 Å². The van der Waals surface area contributed by atoms with Crippen LogP contribution < -0.4 is 15.5 Å². The minimum absolute atomic E-state index is 0.235. The van der Waals surface area contributed by atoms with E-state index in [1.165, 1.54) is 5.69 Å². The van der Waals surface area contributed by atoms with Gasteiger partial charge in [-0.2, -0.15) is 0 Å². The number of hydrogen-bond acceptors (Lipinski definition) is 5. The van der Waals surface area contributed by atoms with Crippen LogP contribution >= 0.6 is 11.3 Å². The van der Waals surface area contributed by atoms with Crippen LogP contribution in [0.2, 0.25) is 0 Å². The Morgan fingerprint density at radius 3 is 2.90 bits per heavy atom. The van der Waals surface area contributed by atoms with Gasteiger partial charge in [-0.05, 0) is 55.2 Å². The van der Waals surface area contributed by atoms with Crippen molar-refractivity contribution in [2.45, 2.75) is 31.2 Å². The summed E-state index contributed by atoms with van der Waals surface area (Å²) in [6.07, 6.45) is 3.36. The van der Waals surface area contributed by atoms with Crippen LogP contribution in [0.5, 0.6) is 0 Å².